The first-order valence-electron chi connectivity index (χ1n) is 8.16. The number of carbonyl (C=O) groups excluding carboxylic acids is 1. The second kappa shape index (κ2) is 12.0. The number of carbonyl (C=O) groups is 1. The molecule has 0 N–H and O–H groups in total. The Morgan fingerprint density at radius 1 is 1.09 bits per heavy atom. The van der Waals surface area contributed by atoms with E-state index in [1.165, 1.54) is 32.1 Å². The van der Waals surface area contributed by atoms with Crippen LogP contribution in [0, 0.1) is 0 Å². The maximum atomic E-state index is 11.0. The molecule has 0 amide bonds. The highest BCUT2D eigenvalue weighted by molar-refractivity contribution is 5.59. The predicted octanol–water partition coefficient (Wildman–Crippen LogP) is 4.70. The van der Waals surface area contributed by atoms with E-state index >= 15 is 0 Å². The number of methoxy groups -OCH3 is 1. The van der Waals surface area contributed by atoms with Crippen molar-refractivity contribution in [3.05, 3.63) is 42.0 Å². The van der Waals surface area contributed by atoms with Crippen LogP contribution in [0.25, 0.3) is 0 Å². The number of hydrogen-bond acceptors (Lipinski definition) is 3. The second-order valence-electron chi connectivity index (χ2n) is 5.39. The summed E-state index contributed by atoms with van der Waals surface area (Å²) in [5, 5.41) is 0. The number of hydrogen-bond donors (Lipinski definition) is 0. The molecule has 0 radical (unpaired) electrons. The first-order valence-corrected chi connectivity index (χ1v) is 8.16. The lowest BCUT2D eigenvalue weighted by atomic mass is 10.1. The molecule has 3 nitrogen and oxygen atoms in total. The fraction of sp³-hybridized carbons (Fsp3) is 0.526. The summed E-state index contributed by atoms with van der Waals surface area (Å²) in [6, 6.07) is 7.66. The van der Waals surface area contributed by atoms with Crippen molar-refractivity contribution in [2.24, 2.45) is 0 Å². The number of ether oxygens (including phenoxy) is 2. The van der Waals surface area contributed by atoms with Gasteiger partial charge in [0.05, 0.1) is 13.7 Å². The Hall–Kier alpha value is -1.61. The molecule has 0 aliphatic carbocycles. The summed E-state index contributed by atoms with van der Waals surface area (Å²) < 4.78 is 10.7. The second-order valence-corrected chi connectivity index (χ2v) is 5.39. The van der Waals surface area contributed by atoms with E-state index in [0.29, 0.717) is 6.61 Å². The normalized spacial score (nSPS) is 12.5. The summed E-state index contributed by atoms with van der Waals surface area (Å²) in [7, 11) is 1.64. The first kappa shape index (κ1) is 18.4. The number of benzene rings is 1. The molecule has 0 unspecified atom stereocenters. The zero-order valence-corrected chi connectivity index (χ0v) is 13.8. The minimum atomic E-state index is -0.460. The highest BCUT2D eigenvalue weighted by Crippen LogP contribution is 2.12. The average molecular weight is 304 g/mol. The Kier molecular flexibility index (Phi) is 10.0. The van der Waals surface area contributed by atoms with Crippen LogP contribution in [-0.4, -0.2) is 19.5 Å². The lowest BCUT2D eigenvalue weighted by Crippen LogP contribution is -2.11. The van der Waals surface area contributed by atoms with Gasteiger partial charge in [0, 0.05) is 0 Å². The fourth-order valence-corrected chi connectivity index (χ4v) is 2.15. The molecule has 0 spiro atoms. The Morgan fingerprint density at radius 3 is 2.45 bits per heavy atom. The number of aldehydes is 1. The maximum absolute atomic E-state index is 11.0. The van der Waals surface area contributed by atoms with Crippen LogP contribution in [0.2, 0.25) is 0 Å². The van der Waals surface area contributed by atoms with Gasteiger partial charge < -0.3 is 14.3 Å². The van der Waals surface area contributed by atoms with E-state index in [9.17, 15) is 4.79 Å². The molecule has 3 heteroatoms. The van der Waals surface area contributed by atoms with E-state index in [1.807, 2.05) is 30.3 Å². The molecule has 0 aliphatic rings. The topological polar surface area (TPSA) is 35.5 Å². The van der Waals surface area contributed by atoms with Crippen LogP contribution < -0.4 is 4.74 Å². The maximum Gasteiger partial charge on any atom is 0.152 e. The van der Waals surface area contributed by atoms with Gasteiger partial charge in [-0.1, -0.05) is 56.9 Å². The first-order chi connectivity index (χ1) is 10.8. The molecule has 1 rings (SSSR count). The fourth-order valence-electron chi connectivity index (χ4n) is 2.15. The molecule has 0 saturated carbocycles. The molecule has 1 atom stereocenters. The van der Waals surface area contributed by atoms with E-state index in [-0.39, 0.29) is 0 Å². The third-order valence-electron chi connectivity index (χ3n) is 3.54. The highest BCUT2D eigenvalue weighted by Gasteiger charge is 2.03. The van der Waals surface area contributed by atoms with Crippen LogP contribution in [0.3, 0.4) is 0 Å². The summed E-state index contributed by atoms with van der Waals surface area (Å²) in [4.78, 5) is 11.0. The third-order valence-corrected chi connectivity index (χ3v) is 3.54. The zero-order chi connectivity index (χ0) is 16.0. The van der Waals surface area contributed by atoms with Gasteiger partial charge >= 0.3 is 0 Å². The predicted molar refractivity (Wildman–Crippen MR) is 90.2 cm³/mol. The molecular weight excluding hydrogens is 276 g/mol. The van der Waals surface area contributed by atoms with Crippen molar-refractivity contribution < 1.29 is 14.3 Å². The Balaban J connectivity index is 2.24. The van der Waals surface area contributed by atoms with Crippen molar-refractivity contribution in [2.75, 3.05) is 7.11 Å². The van der Waals surface area contributed by atoms with Crippen molar-refractivity contribution in [3.63, 3.8) is 0 Å². The van der Waals surface area contributed by atoms with Gasteiger partial charge in [0.1, 0.15) is 11.9 Å². The lowest BCUT2D eigenvalue weighted by molar-refractivity contribution is -0.116. The van der Waals surface area contributed by atoms with Crippen LogP contribution >= 0.6 is 0 Å². The molecular formula is C19H28O3. The zero-order valence-electron chi connectivity index (χ0n) is 13.8. The van der Waals surface area contributed by atoms with Crippen molar-refractivity contribution in [3.8, 4) is 5.75 Å². The van der Waals surface area contributed by atoms with E-state index in [1.54, 1.807) is 7.11 Å². The highest BCUT2D eigenvalue weighted by atomic mass is 16.5. The van der Waals surface area contributed by atoms with Crippen molar-refractivity contribution >= 4 is 6.29 Å². The summed E-state index contributed by atoms with van der Waals surface area (Å²) in [5.41, 5.74) is 1.03. The van der Waals surface area contributed by atoms with Crippen molar-refractivity contribution in [1.29, 1.82) is 0 Å². The summed E-state index contributed by atoms with van der Waals surface area (Å²) in [6.45, 7) is 2.64. The lowest BCUT2D eigenvalue weighted by Gasteiger charge is -2.08. The molecule has 22 heavy (non-hydrogen) atoms. The Bertz CT molecular complexity index is 423. The van der Waals surface area contributed by atoms with Gasteiger partial charge in [-0.25, -0.2) is 0 Å². The summed E-state index contributed by atoms with van der Waals surface area (Å²) in [5.74, 6) is 0.818. The molecule has 0 aliphatic heterocycles. The van der Waals surface area contributed by atoms with Gasteiger partial charge in [0.2, 0.25) is 0 Å². The summed E-state index contributed by atoms with van der Waals surface area (Å²) >= 11 is 0. The number of allylic oxidation sites excluding steroid dienone is 1. The van der Waals surface area contributed by atoms with Gasteiger partial charge in [0.25, 0.3) is 0 Å². The standard InChI is InChI=1S/C19H28O3/c1-3-4-5-6-7-8-9-10-19(15-20)22-16-17-11-13-18(21-2)14-12-17/h9-15,19H,3-8,16H2,1-2H3/b10-9-/t19-/m0/s1. The molecule has 0 heterocycles. The van der Waals surface area contributed by atoms with Crippen molar-refractivity contribution in [1.82, 2.24) is 0 Å². The summed E-state index contributed by atoms with van der Waals surface area (Å²) in [6.07, 6.45) is 11.6. The van der Waals surface area contributed by atoms with Gasteiger partial charge in [-0.15, -0.1) is 0 Å². The smallest absolute Gasteiger partial charge is 0.152 e. The van der Waals surface area contributed by atoms with Gasteiger partial charge in [-0.2, -0.15) is 0 Å². The van der Waals surface area contributed by atoms with Gasteiger partial charge in [-0.05, 0) is 30.5 Å². The van der Waals surface area contributed by atoms with Gasteiger partial charge in [-0.3, -0.25) is 0 Å². The molecule has 1 aromatic carbocycles. The monoisotopic (exact) mass is 304 g/mol. The van der Waals surface area contributed by atoms with E-state index < -0.39 is 6.10 Å². The average Bonchev–Trinajstić information content (AvgIpc) is 2.57. The van der Waals surface area contributed by atoms with Crippen molar-refractivity contribution in [2.45, 2.75) is 58.2 Å². The number of rotatable bonds is 12. The molecule has 0 aromatic heterocycles. The van der Waals surface area contributed by atoms with E-state index in [2.05, 4.69) is 13.0 Å². The van der Waals surface area contributed by atoms with Crippen LogP contribution in [0.4, 0.5) is 0 Å². The minimum Gasteiger partial charge on any atom is -0.497 e. The minimum absolute atomic E-state index is 0.425. The molecule has 122 valence electrons. The molecule has 1 aromatic rings. The van der Waals surface area contributed by atoms with Crippen LogP contribution in [0.1, 0.15) is 51.0 Å². The SMILES string of the molecule is CCCCCCC/C=C\[C@@H](C=O)OCc1ccc(OC)cc1. The number of unbranched alkanes of at least 4 members (excludes halogenated alkanes) is 5. The van der Waals surface area contributed by atoms with Crippen LogP contribution in [0.5, 0.6) is 5.75 Å². The molecule has 0 saturated heterocycles. The Morgan fingerprint density at radius 2 is 1.82 bits per heavy atom. The quantitative estimate of drug-likeness (QED) is 0.319. The largest absolute Gasteiger partial charge is 0.497 e. The van der Waals surface area contributed by atoms with Crippen LogP contribution in [0.15, 0.2) is 36.4 Å². The van der Waals surface area contributed by atoms with E-state index in [4.69, 9.17) is 9.47 Å². The van der Waals surface area contributed by atoms with E-state index in [0.717, 1.165) is 24.0 Å². The molecule has 0 bridgehead atoms. The van der Waals surface area contributed by atoms with Gasteiger partial charge in [0.15, 0.2) is 6.29 Å². The Labute approximate surface area is 134 Å². The third kappa shape index (κ3) is 7.99. The molecule has 0 fully saturated rings. The van der Waals surface area contributed by atoms with Crippen LogP contribution in [-0.2, 0) is 16.1 Å².